The summed E-state index contributed by atoms with van der Waals surface area (Å²) in [7, 11) is 0. The fraction of sp³-hybridized carbons (Fsp3) is 0.263. The molecule has 2 N–H and O–H groups in total. The highest BCUT2D eigenvalue weighted by Gasteiger charge is 2.21. The summed E-state index contributed by atoms with van der Waals surface area (Å²) in [5.74, 6) is 0.292. The largest absolute Gasteiger partial charge is 0.342 e. The number of benzene rings is 1. The number of hydrogen-bond acceptors (Lipinski definition) is 6. The van der Waals surface area contributed by atoms with E-state index in [0.29, 0.717) is 17.5 Å². The lowest BCUT2D eigenvalue weighted by molar-refractivity contribution is -0.116. The van der Waals surface area contributed by atoms with E-state index in [4.69, 9.17) is 0 Å². The zero-order valence-electron chi connectivity index (χ0n) is 15.0. The first kappa shape index (κ1) is 18.0. The van der Waals surface area contributed by atoms with Crippen LogP contribution in [-0.4, -0.2) is 26.9 Å². The minimum absolute atomic E-state index is 0.161. The molecule has 3 aromatic rings. The fourth-order valence-electron chi connectivity index (χ4n) is 2.61. The third-order valence-corrected chi connectivity index (χ3v) is 4.56. The normalized spacial score (nSPS) is 11.8. The molecule has 0 unspecified atom stereocenters. The number of aryl methyl sites for hydroxylation is 3. The van der Waals surface area contributed by atoms with Gasteiger partial charge >= 0.3 is 0 Å². The van der Waals surface area contributed by atoms with Crippen molar-refractivity contribution < 1.29 is 4.79 Å². The van der Waals surface area contributed by atoms with Gasteiger partial charge in [-0.05, 0) is 32.4 Å². The zero-order chi connectivity index (χ0) is 18.5. The highest BCUT2D eigenvalue weighted by atomic mass is 32.1. The Bertz CT molecular complexity index is 874. The lowest BCUT2D eigenvalue weighted by atomic mass is 10.1. The van der Waals surface area contributed by atoms with E-state index in [-0.39, 0.29) is 5.91 Å². The van der Waals surface area contributed by atoms with E-state index < -0.39 is 6.04 Å². The highest BCUT2D eigenvalue weighted by molar-refractivity contribution is 7.15. The molecule has 2 aromatic heterocycles. The Morgan fingerprint density at radius 1 is 1.12 bits per heavy atom. The van der Waals surface area contributed by atoms with Crippen molar-refractivity contribution in [2.45, 2.75) is 33.2 Å². The first-order chi connectivity index (χ1) is 12.5. The van der Waals surface area contributed by atoms with Crippen molar-refractivity contribution in [1.82, 2.24) is 15.0 Å². The monoisotopic (exact) mass is 367 g/mol. The molecule has 0 saturated heterocycles. The molecule has 0 aliphatic heterocycles. The number of aromatic nitrogens is 3. The number of thiazole rings is 1. The molecule has 0 bridgehead atoms. The second kappa shape index (κ2) is 8.05. The minimum Gasteiger partial charge on any atom is -0.342 e. The molecule has 6 nitrogen and oxygen atoms in total. The van der Waals surface area contributed by atoms with Crippen molar-refractivity contribution in [3.8, 4) is 0 Å². The zero-order valence-corrected chi connectivity index (χ0v) is 15.8. The summed E-state index contributed by atoms with van der Waals surface area (Å²) in [6.45, 7) is 5.77. The molecule has 3 rings (SSSR count). The summed E-state index contributed by atoms with van der Waals surface area (Å²) in [5.41, 5.74) is 2.77. The van der Waals surface area contributed by atoms with E-state index in [1.165, 1.54) is 11.3 Å². The molecule has 7 heteroatoms. The van der Waals surface area contributed by atoms with Crippen molar-refractivity contribution in [3.05, 3.63) is 64.4 Å². The second-order valence-electron chi connectivity index (χ2n) is 6.13. The number of nitrogens with zero attached hydrogens (tertiary/aromatic N) is 3. The molecule has 1 amide bonds. The summed E-state index contributed by atoms with van der Waals surface area (Å²) in [6.07, 6.45) is 2.26. The van der Waals surface area contributed by atoms with Gasteiger partial charge < -0.3 is 10.6 Å². The third-order valence-electron chi connectivity index (χ3n) is 3.74. The van der Waals surface area contributed by atoms with E-state index in [1.807, 2.05) is 57.2 Å². The van der Waals surface area contributed by atoms with Gasteiger partial charge in [-0.2, -0.15) is 0 Å². The van der Waals surface area contributed by atoms with Crippen molar-refractivity contribution in [1.29, 1.82) is 0 Å². The third kappa shape index (κ3) is 4.86. The molecule has 1 atom stereocenters. The quantitative estimate of drug-likeness (QED) is 0.697. The van der Waals surface area contributed by atoms with Gasteiger partial charge in [0.25, 0.3) is 0 Å². The maximum Gasteiger partial charge on any atom is 0.249 e. The molecule has 26 heavy (non-hydrogen) atoms. The van der Waals surface area contributed by atoms with Crippen LogP contribution >= 0.6 is 11.3 Å². The van der Waals surface area contributed by atoms with Gasteiger partial charge in [-0.15, -0.1) is 11.3 Å². The molecule has 0 radical (unpaired) electrons. The van der Waals surface area contributed by atoms with Crippen molar-refractivity contribution >= 4 is 28.3 Å². The van der Waals surface area contributed by atoms with E-state index in [0.717, 1.165) is 21.8 Å². The Kier molecular flexibility index (Phi) is 5.58. The SMILES string of the molecule is Cc1cc(C)nc(N[C@H](Cc2ccccc2)C(=O)Nc2ncc(C)s2)n1. The van der Waals surface area contributed by atoms with E-state index in [2.05, 4.69) is 25.6 Å². The second-order valence-corrected chi connectivity index (χ2v) is 7.36. The van der Waals surface area contributed by atoms with Gasteiger partial charge in [-0.1, -0.05) is 30.3 Å². The molecule has 0 saturated carbocycles. The Labute approximate surface area is 156 Å². The van der Waals surface area contributed by atoms with Crippen LogP contribution in [0.15, 0.2) is 42.6 Å². The Morgan fingerprint density at radius 2 is 1.81 bits per heavy atom. The number of carbonyl (C=O) groups is 1. The Hall–Kier alpha value is -2.80. The fourth-order valence-corrected chi connectivity index (χ4v) is 3.28. The van der Waals surface area contributed by atoms with Crippen molar-refractivity contribution in [2.24, 2.45) is 0 Å². The standard InChI is InChI=1S/C19H21N5OS/c1-12-9-13(2)22-18(21-12)23-16(10-15-7-5-4-6-8-15)17(25)24-19-20-11-14(3)26-19/h4-9,11,16H,10H2,1-3H3,(H,20,24,25)(H,21,22,23)/t16-/m1/s1. The molecule has 0 spiro atoms. The molecule has 0 aliphatic carbocycles. The lowest BCUT2D eigenvalue weighted by Gasteiger charge is -2.18. The van der Waals surface area contributed by atoms with E-state index in [9.17, 15) is 4.79 Å². The van der Waals surface area contributed by atoms with Gasteiger partial charge in [0.05, 0.1) is 0 Å². The van der Waals surface area contributed by atoms with Crippen LogP contribution in [-0.2, 0) is 11.2 Å². The number of nitrogens with one attached hydrogen (secondary N) is 2. The number of carbonyl (C=O) groups excluding carboxylic acids is 1. The predicted molar refractivity (Wildman–Crippen MR) is 105 cm³/mol. The first-order valence-electron chi connectivity index (χ1n) is 8.35. The van der Waals surface area contributed by atoms with Crippen LogP contribution < -0.4 is 10.6 Å². The molecule has 2 heterocycles. The lowest BCUT2D eigenvalue weighted by Crippen LogP contribution is -2.37. The van der Waals surface area contributed by atoms with Crippen LogP contribution in [0.3, 0.4) is 0 Å². The first-order valence-corrected chi connectivity index (χ1v) is 9.17. The molecular formula is C19H21N5OS. The van der Waals surface area contributed by atoms with Crippen LogP contribution in [0.4, 0.5) is 11.1 Å². The van der Waals surface area contributed by atoms with Crippen LogP contribution in [0.5, 0.6) is 0 Å². The highest BCUT2D eigenvalue weighted by Crippen LogP contribution is 2.18. The van der Waals surface area contributed by atoms with E-state index >= 15 is 0 Å². The topological polar surface area (TPSA) is 79.8 Å². The number of hydrogen-bond donors (Lipinski definition) is 2. The summed E-state index contributed by atoms with van der Waals surface area (Å²) in [5, 5.41) is 6.65. The van der Waals surface area contributed by atoms with E-state index in [1.54, 1.807) is 6.20 Å². The Balaban J connectivity index is 1.81. The van der Waals surface area contributed by atoms with Crippen LogP contribution in [0.2, 0.25) is 0 Å². The Morgan fingerprint density at radius 3 is 2.42 bits per heavy atom. The summed E-state index contributed by atoms with van der Waals surface area (Å²) in [6, 6.07) is 11.3. The van der Waals surface area contributed by atoms with Gasteiger partial charge in [0, 0.05) is 28.9 Å². The molecular weight excluding hydrogens is 346 g/mol. The van der Waals surface area contributed by atoms with Crippen LogP contribution in [0.25, 0.3) is 0 Å². The summed E-state index contributed by atoms with van der Waals surface area (Å²) in [4.78, 5) is 26.9. The molecule has 0 aliphatic rings. The number of rotatable bonds is 6. The van der Waals surface area contributed by atoms with Gasteiger partial charge in [0.1, 0.15) is 6.04 Å². The summed E-state index contributed by atoms with van der Waals surface area (Å²) < 4.78 is 0. The van der Waals surface area contributed by atoms with Crippen LogP contribution in [0.1, 0.15) is 21.8 Å². The number of amides is 1. The molecule has 0 fully saturated rings. The predicted octanol–water partition coefficient (Wildman–Crippen LogP) is 3.52. The average molecular weight is 367 g/mol. The maximum atomic E-state index is 12.8. The average Bonchev–Trinajstić information content (AvgIpc) is 2.99. The van der Waals surface area contributed by atoms with Crippen molar-refractivity contribution in [2.75, 3.05) is 10.6 Å². The smallest absolute Gasteiger partial charge is 0.249 e. The molecule has 134 valence electrons. The van der Waals surface area contributed by atoms with Crippen LogP contribution in [0, 0.1) is 20.8 Å². The van der Waals surface area contributed by atoms with Gasteiger partial charge in [0.2, 0.25) is 11.9 Å². The minimum atomic E-state index is -0.511. The van der Waals surface area contributed by atoms with Gasteiger partial charge in [-0.25, -0.2) is 15.0 Å². The van der Waals surface area contributed by atoms with Gasteiger partial charge in [0.15, 0.2) is 5.13 Å². The maximum absolute atomic E-state index is 12.8. The summed E-state index contributed by atoms with van der Waals surface area (Å²) >= 11 is 1.45. The van der Waals surface area contributed by atoms with Crippen molar-refractivity contribution in [3.63, 3.8) is 0 Å². The van der Waals surface area contributed by atoms with Gasteiger partial charge in [-0.3, -0.25) is 4.79 Å². The number of anilines is 2. The molecule has 1 aromatic carbocycles.